The van der Waals surface area contributed by atoms with Gasteiger partial charge in [0.1, 0.15) is 5.75 Å². The van der Waals surface area contributed by atoms with E-state index in [4.69, 9.17) is 21.1 Å². The SMILES string of the molecule is COc1ccc2c(c1)C(CC(=O)OCC(c1ccccc1)C(C)C)C(C)C2C(=O)c1ccc(Cl)cc1. The summed E-state index contributed by atoms with van der Waals surface area (Å²) < 4.78 is 11.3. The molecular formula is C31H33ClO4. The van der Waals surface area contributed by atoms with Crippen molar-refractivity contribution in [3.63, 3.8) is 0 Å². The van der Waals surface area contributed by atoms with Crippen molar-refractivity contribution < 1.29 is 19.1 Å². The van der Waals surface area contributed by atoms with Gasteiger partial charge in [0.15, 0.2) is 5.78 Å². The molecule has 0 N–H and O–H groups in total. The van der Waals surface area contributed by atoms with Gasteiger partial charge in [-0.3, -0.25) is 9.59 Å². The van der Waals surface area contributed by atoms with Crippen LogP contribution in [0, 0.1) is 11.8 Å². The van der Waals surface area contributed by atoms with Crippen LogP contribution in [0.4, 0.5) is 0 Å². The van der Waals surface area contributed by atoms with Crippen molar-refractivity contribution in [3.05, 3.63) is 100 Å². The van der Waals surface area contributed by atoms with Gasteiger partial charge in [0, 0.05) is 16.5 Å². The Hall–Kier alpha value is -3.11. The lowest BCUT2D eigenvalue weighted by Crippen LogP contribution is -2.21. The van der Waals surface area contributed by atoms with Gasteiger partial charge in [-0.25, -0.2) is 0 Å². The second-order valence-corrected chi connectivity index (χ2v) is 10.4. The summed E-state index contributed by atoms with van der Waals surface area (Å²) in [5.41, 5.74) is 3.71. The average molecular weight is 505 g/mol. The minimum Gasteiger partial charge on any atom is -0.497 e. The zero-order valence-electron chi connectivity index (χ0n) is 21.2. The monoisotopic (exact) mass is 504 g/mol. The molecule has 1 aliphatic rings. The predicted molar refractivity (Wildman–Crippen MR) is 143 cm³/mol. The van der Waals surface area contributed by atoms with E-state index in [1.807, 2.05) is 43.3 Å². The molecule has 0 radical (unpaired) electrons. The second-order valence-electron chi connectivity index (χ2n) is 9.96. The summed E-state index contributed by atoms with van der Waals surface area (Å²) >= 11 is 6.03. The molecule has 36 heavy (non-hydrogen) atoms. The standard InChI is InChI=1S/C31H33ClO4/c1-19(2)28(21-8-6-5-7-9-21)18-36-29(33)17-26-20(3)30(25-15-14-24(35-4)16-27(25)26)31(34)22-10-12-23(32)13-11-22/h5-16,19-20,26,28,30H,17-18H2,1-4H3. The van der Waals surface area contributed by atoms with E-state index in [2.05, 4.69) is 26.0 Å². The maximum absolute atomic E-state index is 13.6. The Morgan fingerprint density at radius 1 is 0.944 bits per heavy atom. The van der Waals surface area contributed by atoms with Crippen molar-refractivity contribution in [1.29, 1.82) is 0 Å². The van der Waals surface area contributed by atoms with Gasteiger partial charge in [0.2, 0.25) is 0 Å². The van der Waals surface area contributed by atoms with Crippen LogP contribution in [0.3, 0.4) is 0 Å². The number of ketones is 1. The first-order valence-corrected chi connectivity index (χ1v) is 12.9. The van der Waals surface area contributed by atoms with E-state index in [-0.39, 0.29) is 41.8 Å². The maximum Gasteiger partial charge on any atom is 0.306 e. The van der Waals surface area contributed by atoms with Gasteiger partial charge in [0.05, 0.1) is 26.1 Å². The minimum absolute atomic E-state index is 0.0328. The molecule has 0 amide bonds. The molecule has 0 fully saturated rings. The second kappa shape index (κ2) is 11.3. The van der Waals surface area contributed by atoms with E-state index in [0.29, 0.717) is 28.9 Å². The van der Waals surface area contributed by atoms with Crippen molar-refractivity contribution in [1.82, 2.24) is 0 Å². The molecule has 4 nitrogen and oxygen atoms in total. The van der Waals surface area contributed by atoms with Crippen LogP contribution in [-0.2, 0) is 9.53 Å². The maximum atomic E-state index is 13.6. The molecule has 0 aromatic heterocycles. The highest BCUT2D eigenvalue weighted by molar-refractivity contribution is 6.30. The summed E-state index contributed by atoms with van der Waals surface area (Å²) in [5.74, 6) is 0.392. The first kappa shape index (κ1) is 26.0. The number of fused-ring (bicyclic) bond motifs is 1. The van der Waals surface area contributed by atoms with Gasteiger partial charge in [-0.05, 0) is 70.8 Å². The Balaban J connectivity index is 1.54. The molecule has 0 heterocycles. The fourth-order valence-corrected chi connectivity index (χ4v) is 5.47. The van der Waals surface area contributed by atoms with Gasteiger partial charge < -0.3 is 9.47 Å². The molecule has 0 saturated heterocycles. The Bertz CT molecular complexity index is 1200. The molecule has 3 aromatic carbocycles. The third-order valence-electron chi connectivity index (χ3n) is 7.44. The first-order valence-electron chi connectivity index (χ1n) is 12.5. The van der Waals surface area contributed by atoms with Crippen molar-refractivity contribution in [2.75, 3.05) is 13.7 Å². The lowest BCUT2D eigenvalue weighted by molar-refractivity contribution is -0.145. The van der Waals surface area contributed by atoms with Crippen LogP contribution < -0.4 is 4.74 Å². The normalized spacial score (nSPS) is 19.6. The molecule has 4 atom stereocenters. The third kappa shape index (κ3) is 5.49. The van der Waals surface area contributed by atoms with E-state index in [1.54, 1.807) is 31.4 Å². The number of rotatable bonds is 9. The van der Waals surface area contributed by atoms with Crippen molar-refractivity contribution in [2.45, 2.75) is 44.9 Å². The number of halogens is 1. The van der Waals surface area contributed by atoms with Gasteiger partial charge in [0.25, 0.3) is 0 Å². The largest absolute Gasteiger partial charge is 0.497 e. The lowest BCUT2D eigenvalue weighted by atomic mass is 9.82. The molecule has 4 unspecified atom stereocenters. The number of esters is 1. The van der Waals surface area contributed by atoms with Crippen LogP contribution in [0.1, 0.15) is 72.0 Å². The van der Waals surface area contributed by atoms with Crippen LogP contribution in [0.15, 0.2) is 72.8 Å². The Labute approximate surface area is 218 Å². The van der Waals surface area contributed by atoms with E-state index in [9.17, 15) is 9.59 Å². The van der Waals surface area contributed by atoms with Crippen LogP contribution >= 0.6 is 11.6 Å². The zero-order valence-corrected chi connectivity index (χ0v) is 22.0. The van der Waals surface area contributed by atoms with Crippen molar-refractivity contribution in [3.8, 4) is 5.75 Å². The molecule has 3 aromatic rings. The highest BCUT2D eigenvalue weighted by atomic mass is 35.5. The number of hydrogen-bond acceptors (Lipinski definition) is 4. The fourth-order valence-electron chi connectivity index (χ4n) is 5.35. The molecule has 4 rings (SSSR count). The number of ether oxygens (including phenoxy) is 2. The topological polar surface area (TPSA) is 52.6 Å². The van der Waals surface area contributed by atoms with E-state index in [1.165, 1.54) is 5.56 Å². The van der Waals surface area contributed by atoms with Crippen molar-refractivity contribution in [2.24, 2.45) is 11.8 Å². The van der Waals surface area contributed by atoms with E-state index in [0.717, 1.165) is 11.1 Å². The summed E-state index contributed by atoms with van der Waals surface area (Å²) in [6.45, 7) is 6.66. The van der Waals surface area contributed by atoms with Gasteiger partial charge >= 0.3 is 5.97 Å². The number of carbonyl (C=O) groups excluding carboxylic acids is 2. The number of carbonyl (C=O) groups is 2. The Morgan fingerprint density at radius 3 is 2.28 bits per heavy atom. The van der Waals surface area contributed by atoms with Crippen molar-refractivity contribution >= 4 is 23.4 Å². The molecular weight excluding hydrogens is 472 g/mol. The van der Waals surface area contributed by atoms with Crippen LogP contribution in [-0.4, -0.2) is 25.5 Å². The number of methoxy groups -OCH3 is 1. The summed E-state index contributed by atoms with van der Waals surface area (Å²) in [4.78, 5) is 26.7. The Morgan fingerprint density at radius 2 is 1.64 bits per heavy atom. The minimum atomic E-state index is -0.349. The van der Waals surface area contributed by atoms with Crippen LogP contribution in [0.2, 0.25) is 5.02 Å². The molecule has 5 heteroatoms. The summed E-state index contributed by atoms with van der Waals surface area (Å²) in [6.07, 6.45) is 0.214. The average Bonchev–Trinajstić information content (AvgIpc) is 3.14. The Kier molecular flexibility index (Phi) is 8.15. The van der Waals surface area contributed by atoms with Crippen LogP contribution in [0.25, 0.3) is 0 Å². The van der Waals surface area contributed by atoms with E-state index < -0.39 is 0 Å². The molecule has 0 bridgehead atoms. The highest BCUT2D eigenvalue weighted by Gasteiger charge is 2.43. The lowest BCUT2D eigenvalue weighted by Gasteiger charge is -2.23. The van der Waals surface area contributed by atoms with Crippen LogP contribution in [0.5, 0.6) is 5.75 Å². The highest BCUT2D eigenvalue weighted by Crippen LogP contribution is 2.50. The molecule has 188 valence electrons. The number of hydrogen-bond donors (Lipinski definition) is 0. The number of benzene rings is 3. The third-order valence-corrected chi connectivity index (χ3v) is 7.70. The summed E-state index contributed by atoms with van der Waals surface area (Å²) in [7, 11) is 1.62. The molecule has 1 aliphatic carbocycles. The van der Waals surface area contributed by atoms with Gasteiger partial charge in [-0.2, -0.15) is 0 Å². The summed E-state index contributed by atoms with van der Waals surface area (Å²) in [6, 6.07) is 22.9. The predicted octanol–water partition coefficient (Wildman–Crippen LogP) is 7.42. The molecule has 0 aliphatic heterocycles. The fraction of sp³-hybridized carbons (Fsp3) is 0.355. The van der Waals surface area contributed by atoms with Gasteiger partial charge in [-0.15, -0.1) is 0 Å². The molecule has 0 saturated carbocycles. The van der Waals surface area contributed by atoms with Gasteiger partial charge in [-0.1, -0.05) is 68.8 Å². The summed E-state index contributed by atoms with van der Waals surface area (Å²) in [5, 5.41) is 0.590. The quantitative estimate of drug-likeness (QED) is 0.225. The first-order chi connectivity index (χ1) is 17.3. The zero-order chi connectivity index (χ0) is 25.8. The smallest absolute Gasteiger partial charge is 0.306 e. The van der Waals surface area contributed by atoms with E-state index >= 15 is 0 Å². The number of Topliss-reactive ketones (excluding diaryl/α,β-unsaturated/α-hetero) is 1. The molecule has 0 spiro atoms.